The summed E-state index contributed by atoms with van der Waals surface area (Å²) in [5.41, 5.74) is 3.36. The van der Waals surface area contributed by atoms with Crippen LogP contribution in [-0.4, -0.2) is 56.2 Å². The van der Waals surface area contributed by atoms with Crippen molar-refractivity contribution >= 4 is 34.8 Å². The van der Waals surface area contributed by atoms with Gasteiger partial charge in [0.2, 0.25) is 0 Å². The first-order valence-electron chi connectivity index (χ1n) is 10.9. The van der Waals surface area contributed by atoms with Gasteiger partial charge < -0.3 is 25.2 Å². The van der Waals surface area contributed by atoms with Crippen molar-refractivity contribution in [2.75, 3.05) is 42.4 Å². The number of ether oxygens (including phenoxy) is 1. The maximum Gasteiger partial charge on any atom is 0.285 e. The summed E-state index contributed by atoms with van der Waals surface area (Å²) >= 11 is 0. The zero-order valence-corrected chi connectivity index (χ0v) is 18.0. The minimum absolute atomic E-state index is 0.0228. The predicted molar refractivity (Wildman–Crippen MR) is 123 cm³/mol. The Hall–Kier alpha value is -3.29. The number of carbonyl (C=O) groups is 1. The van der Waals surface area contributed by atoms with Crippen LogP contribution in [0.4, 0.5) is 22.9 Å². The van der Waals surface area contributed by atoms with Crippen LogP contribution in [0, 0.1) is 0 Å². The lowest BCUT2D eigenvalue weighted by atomic mass is 9.91. The molecule has 8 nitrogen and oxygen atoms in total. The topological polar surface area (TPSA) is 82.1 Å². The lowest BCUT2D eigenvalue weighted by molar-refractivity contribution is 0.0994. The van der Waals surface area contributed by atoms with Crippen LogP contribution in [-0.2, 0) is 4.74 Å². The van der Waals surface area contributed by atoms with E-state index in [1.165, 1.54) is 0 Å². The number of pyridine rings is 1. The summed E-state index contributed by atoms with van der Waals surface area (Å²) in [6.07, 6.45) is 6.03. The number of rotatable bonds is 3. The van der Waals surface area contributed by atoms with Crippen molar-refractivity contribution in [2.24, 2.45) is 4.99 Å². The molecule has 0 radical (unpaired) electrons. The number of carbonyl (C=O) groups excluding carboxylic acids is 1. The summed E-state index contributed by atoms with van der Waals surface area (Å²) in [5, 5.41) is 7.02. The van der Waals surface area contributed by atoms with Crippen molar-refractivity contribution in [3.63, 3.8) is 0 Å². The third-order valence-electron chi connectivity index (χ3n) is 6.38. The highest BCUT2D eigenvalue weighted by Gasteiger charge is 2.28. The van der Waals surface area contributed by atoms with Gasteiger partial charge in [0.15, 0.2) is 0 Å². The van der Waals surface area contributed by atoms with Gasteiger partial charge >= 0.3 is 0 Å². The molecule has 1 amide bonds. The Bertz CT molecular complexity index is 1010. The maximum absolute atomic E-state index is 12.9. The molecule has 1 aliphatic carbocycles. The van der Waals surface area contributed by atoms with Crippen LogP contribution in [0.3, 0.4) is 0 Å². The van der Waals surface area contributed by atoms with Crippen molar-refractivity contribution in [1.29, 1.82) is 0 Å². The molecule has 0 unspecified atom stereocenters. The molecule has 3 heterocycles. The normalized spacial score (nSPS) is 22.8. The highest BCUT2D eigenvalue weighted by molar-refractivity contribution is 6.13. The average Bonchev–Trinajstić information content (AvgIpc) is 3.29. The molecule has 8 heteroatoms. The number of hydrogen-bond donors (Lipinski definition) is 2. The fraction of sp³-hybridized carbons (Fsp3) is 0.435. The van der Waals surface area contributed by atoms with Crippen LogP contribution >= 0.6 is 0 Å². The van der Waals surface area contributed by atoms with Crippen LogP contribution in [0.15, 0.2) is 41.5 Å². The number of nitrogens with one attached hydrogen (secondary N) is 2. The van der Waals surface area contributed by atoms with E-state index in [0.29, 0.717) is 30.3 Å². The summed E-state index contributed by atoms with van der Waals surface area (Å²) < 4.78 is 5.47. The molecular formula is C23H28N6O2. The molecule has 2 N–H and O–H groups in total. The summed E-state index contributed by atoms with van der Waals surface area (Å²) in [7, 11) is 3.80. The monoisotopic (exact) mass is 420 g/mol. The molecule has 5 rings (SSSR count). The molecule has 1 fully saturated rings. The Morgan fingerprint density at radius 3 is 2.45 bits per heavy atom. The molecular weight excluding hydrogens is 392 g/mol. The van der Waals surface area contributed by atoms with Gasteiger partial charge in [0.25, 0.3) is 11.9 Å². The second-order valence-electron chi connectivity index (χ2n) is 8.37. The van der Waals surface area contributed by atoms with E-state index in [9.17, 15) is 4.79 Å². The first-order valence-corrected chi connectivity index (χ1v) is 10.9. The Morgan fingerprint density at radius 2 is 1.71 bits per heavy atom. The molecule has 1 aromatic carbocycles. The third-order valence-corrected chi connectivity index (χ3v) is 6.38. The fourth-order valence-corrected chi connectivity index (χ4v) is 4.60. The van der Waals surface area contributed by atoms with Crippen LogP contribution in [0.25, 0.3) is 0 Å². The van der Waals surface area contributed by atoms with E-state index >= 15 is 0 Å². The SMILES string of the molecule is CN1C(=O)c2ccccc2N(C)c2cc(N[C@H]3CC[C@@H](NC4=NCCO4)CC3)ncc21. The van der Waals surface area contributed by atoms with Crippen LogP contribution < -0.4 is 20.4 Å². The maximum atomic E-state index is 12.9. The smallest absolute Gasteiger partial charge is 0.285 e. The fourth-order valence-electron chi connectivity index (χ4n) is 4.60. The molecule has 0 spiro atoms. The standard InChI is InChI=1S/C23H28N6O2/c1-28-18-6-4-3-5-17(18)22(30)29(2)20-14-25-21(13-19(20)28)26-15-7-9-16(10-8-15)27-23-24-11-12-31-23/h3-6,13-16H,7-12H2,1-2H3,(H,24,27)(H,25,26)/t15-,16+. The van der Waals surface area contributed by atoms with Gasteiger partial charge in [0, 0.05) is 32.2 Å². The van der Waals surface area contributed by atoms with E-state index in [4.69, 9.17) is 4.74 Å². The first-order chi connectivity index (χ1) is 15.1. The average molecular weight is 421 g/mol. The second-order valence-corrected chi connectivity index (χ2v) is 8.37. The molecule has 3 aliphatic rings. The lowest BCUT2D eigenvalue weighted by Crippen LogP contribution is -2.40. The number of nitrogens with zero attached hydrogens (tertiary/aromatic N) is 4. The van der Waals surface area contributed by atoms with Crippen molar-refractivity contribution < 1.29 is 9.53 Å². The van der Waals surface area contributed by atoms with Crippen molar-refractivity contribution in [3.05, 3.63) is 42.1 Å². The zero-order chi connectivity index (χ0) is 21.4. The number of anilines is 4. The minimum Gasteiger partial charge on any atom is -0.463 e. The molecule has 1 saturated carbocycles. The van der Waals surface area contributed by atoms with Crippen molar-refractivity contribution in [2.45, 2.75) is 37.8 Å². The highest BCUT2D eigenvalue weighted by Crippen LogP contribution is 2.39. The van der Waals surface area contributed by atoms with E-state index in [1.54, 1.807) is 18.1 Å². The van der Waals surface area contributed by atoms with Crippen LogP contribution in [0.2, 0.25) is 0 Å². The summed E-state index contributed by atoms with van der Waals surface area (Å²) in [6, 6.07) is 11.3. The number of para-hydroxylation sites is 1. The molecule has 2 aromatic rings. The van der Waals surface area contributed by atoms with Gasteiger partial charge in [-0.15, -0.1) is 0 Å². The Morgan fingerprint density at radius 1 is 0.968 bits per heavy atom. The quantitative estimate of drug-likeness (QED) is 0.794. The highest BCUT2D eigenvalue weighted by atomic mass is 16.5. The van der Waals surface area contributed by atoms with Crippen LogP contribution in [0.5, 0.6) is 0 Å². The third kappa shape index (κ3) is 3.78. The predicted octanol–water partition coefficient (Wildman–Crippen LogP) is 3.14. The number of benzene rings is 1. The minimum atomic E-state index is -0.0228. The van der Waals surface area contributed by atoms with Crippen LogP contribution in [0.1, 0.15) is 36.0 Å². The Balaban J connectivity index is 1.30. The number of amides is 1. The molecule has 0 bridgehead atoms. The second kappa shape index (κ2) is 8.09. The van der Waals surface area contributed by atoms with E-state index in [-0.39, 0.29) is 5.91 Å². The van der Waals surface area contributed by atoms with E-state index in [2.05, 4.69) is 25.5 Å². The molecule has 1 aromatic heterocycles. The molecule has 31 heavy (non-hydrogen) atoms. The zero-order valence-electron chi connectivity index (χ0n) is 18.0. The first kappa shape index (κ1) is 19.7. The van der Waals surface area contributed by atoms with Crippen molar-refractivity contribution in [1.82, 2.24) is 10.3 Å². The molecule has 0 saturated heterocycles. The van der Waals surface area contributed by atoms with Gasteiger partial charge in [0.1, 0.15) is 12.4 Å². The number of hydrogen-bond acceptors (Lipinski definition) is 7. The largest absolute Gasteiger partial charge is 0.463 e. The number of aromatic nitrogens is 1. The Labute approximate surface area is 182 Å². The number of fused-ring (bicyclic) bond motifs is 2. The van der Waals surface area contributed by atoms with Gasteiger partial charge in [-0.25, -0.2) is 9.98 Å². The number of amidine groups is 1. The van der Waals surface area contributed by atoms with Gasteiger partial charge in [0.05, 0.1) is 35.4 Å². The molecule has 0 atom stereocenters. The lowest BCUT2D eigenvalue weighted by Gasteiger charge is -2.30. The van der Waals surface area contributed by atoms with Gasteiger partial charge in [-0.05, 0) is 37.8 Å². The van der Waals surface area contributed by atoms with Crippen molar-refractivity contribution in [3.8, 4) is 0 Å². The van der Waals surface area contributed by atoms with E-state index < -0.39 is 0 Å². The molecule has 2 aliphatic heterocycles. The summed E-state index contributed by atoms with van der Waals surface area (Å²) in [6.45, 7) is 1.44. The van der Waals surface area contributed by atoms with E-state index in [1.807, 2.05) is 37.4 Å². The molecule has 162 valence electrons. The Kier molecular flexibility index (Phi) is 5.13. The summed E-state index contributed by atoms with van der Waals surface area (Å²) in [4.78, 5) is 25.6. The number of aliphatic imine (C=N–C) groups is 1. The van der Waals surface area contributed by atoms with Gasteiger partial charge in [-0.1, -0.05) is 12.1 Å². The van der Waals surface area contributed by atoms with Gasteiger partial charge in [-0.3, -0.25) is 4.79 Å². The van der Waals surface area contributed by atoms with Gasteiger partial charge in [-0.2, -0.15) is 0 Å². The van der Waals surface area contributed by atoms with E-state index in [0.717, 1.165) is 55.1 Å². The summed E-state index contributed by atoms with van der Waals surface area (Å²) in [5.74, 6) is 0.816.